The maximum atomic E-state index is 13.3. The Morgan fingerprint density at radius 2 is 1.86 bits per heavy atom. The van der Waals surface area contributed by atoms with Gasteiger partial charge in [-0.3, -0.25) is 0 Å². The molecule has 1 aromatic carbocycles. The zero-order chi connectivity index (χ0) is 15.8. The lowest BCUT2D eigenvalue weighted by Crippen LogP contribution is -2.39. The molecule has 0 atom stereocenters. The number of nitrogens with zero attached hydrogens (tertiary/aromatic N) is 1. The minimum absolute atomic E-state index is 0.0476. The molecule has 7 heteroatoms. The molecule has 2 N–H and O–H groups in total. The Balaban J connectivity index is 2.31. The Bertz CT molecular complexity index is 628. The van der Waals surface area contributed by atoms with Gasteiger partial charge in [0.25, 0.3) is 0 Å². The minimum atomic E-state index is -3.77. The molecule has 0 radical (unpaired) electrons. The zero-order valence-electron chi connectivity index (χ0n) is 12.1. The lowest BCUT2D eigenvalue weighted by atomic mass is 9.87. The summed E-state index contributed by atoms with van der Waals surface area (Å²) in [6, 6.07) is 1.99. The van der Waals surface area contributed by atoms with Gasteiger partial charge in [0.15, 0.2) is 0 Å². The second-order valence-corrected chi connectivity index (χ2v) is 8.11. The summed E-state index contributed by atoms with van der Waals surface area (Å²) in [7, 11) is -2.22. The van der Waals surface area contributed by atoms with E-state index in [0.29, 0.717) is 5.92 Å². The number of sulfonamides is 1. The molecule has 0 aliphatic heterocycles. The Labute approximate surface area is 130 Å². The van der Waals surface area contributed by atoms with E-state index in [1.807, 2.05) is 0 Å². The second-order valence-electron chi connectivity index (χ2n) is 5.74. The van der Waals surface area contributed by atoms with Crippen LogP contribution in [0, 0.1) is 11.7 Å². The normalized spacial score (nSPS) is 23.5. The maximum Gasteiger partial charge on any atom is 0.244 e. The van der Waals surface area contributed by atoms with Gasteiger partial charge in [0.05, 0.1) is 10.7 Å². The molecule has 4 nitrogen and oxygen atoms in total. The fourth-order valence-corrected chi connectivity index (χ4v) is 4.64. The molecule has 1 saturated carbocycles. The summed E-state index contributed by atoms with van der Waals surface area (Å²) in [6.45, 7) is 2.17. The summed E-state index contributed by atoms with van der Waals surface area (Å²) in [6.07, 6.45) is 3.66. The molecule has 0 heterocycles. The standard InChI is InChI=1S/C14H20ClFN2O2S/c1-9-3-5-10(6-4-9)18(2)21(19,20)14-8-13(17)12(16)7-11(14)15/h7-10H,3-6,17H2,1-2H3. The van der Waals surface area contributed by atoms with Crippen molar-refractivity contribution >= 4 is 27.3 Å². The first-order chi connectivity index (χ1) is 9.73. The summed E-state index contributed by atoms with van der Waals surface area (Å²) in [5, 5.41) is -0.141. The van der Waals surface area contributed by atoms with Gasteiger partial charge in [-0.1, -0.05) is 18.5 Å². The van der Waals surface area contributed by atoms with Crippen molar-refractivity contribution in [2.24, 2.45) is 5.92 Å². The smallest absolute Gasteiger partial charge is 0.244 e. The first kappa shape index (κ1) is 16.5. The van der Waals surface area contributed by atoms with Gasteiger partial charge >= 0.3 is 0 Å². The number of rotatable bonds is 3. The van der Waals surface area contributed by atoms with E-state index in [1.54, 1.807) is 7.05 Å². The van der Waals surface area contributed by atoms with E-state index >= 15 is 0 Å². The SMILES string of the molecule is CC1CCC(N(C)S(=O)(=O)c2cc(N)c(F)cc2Cl)CC1. The molecule has 0 spiro atoms. The van der Waals surface area contributed by atoms with Crippen molar-refractivity contribution < 1.29 is 12.8 Å². The molecule has 1 fully saturated rings. The fraction of sp³-hybridized carbons (Fsp3) is 0.571. The van der Waals surface area contributed by atoms with E-state index in [4.69, 9.17) is 17.3 Å². The van der Waals surface area contributed by atoms with Crippen LogP contribution in [0.2, 0.25) is 5.02 Å². The third kappa shape index (κ3) is 3.33. The van der Waals surface area contributed by atoms with E-state index < -0.39 is 15.8 Å². The zero-order valence-corrected chi connectivity index (χ0v) is 13.7. The quantitative estimate of drug-likeness (QED) is 0.863. The van der Waals surface area contributed by atoms with Gasteiger partial charge in [-0.25, -0.2) is 12.8 Å². The highest BCUT2D eigenvalue weighted by Crippen LogP contribution is 2.33. The number of nitrogen functional groups attached to an aromatic ring is 1. The van der Waals surface area contributed by atoms with Gasteiger partial charge in [-0.2, -0.15) is 4.31 Å². The lowest BCUT2D eigenvalue weighted by Gasteiger charge is -2.33. The van der Waals surface area contributed by atoms with Crippen molar-refractivity contribution in [1.82, 2.24) is 4.31 Å². The van der Waals surface area contributed by atoms with Crippen molar-refractivity contribution in [3.8, 4) is 0 Å². The highest BCUT2D eigenvalue weighted by Gasteiger charge is 2.32. The van der Waals surface area contributed by atoms with Crippen molar-refractivity contribution in [1.29, 1.82) is 0 Å². The van der Waals surface area contributed by atoms with Gasteiger partial charge < -0.3 is 5.73 Å². The summed E-state index contributed by atoms with van der Waals surface area (Å²) in [5.74, 6) is -0.0875. The number of hydrogen-bond acceptors (Lipinski definition) is 3. The van der Waals surface area contributed by atoms with Crippen LogP contribution in [0.5, 0.6) is 0 Å². The van der Waals surface area contributed by atoms with E-state index in [1.165, 1.54) is 4.31 Å². The predicted octanol–water partition coefficient (Wildman–Crippen LogP) is 3.26. The Kier molecular flexibility index (Phi) is 4.80. The molecule has 0 amide bonds. The van der Waals surface area contributed by atoms with Crippen LogP contribution in [0.4, 0.5) is 10.1 Å². The molecule has 0 unspecified atom stereocenters. The van der Waals surface area contributed by atoms with E-state index in [2.05, 4.69) is 6.92 Å². The van der Waals surface area contributed by atoms with E-state index in [9.17, 15) is 12.8 Å². The topological polar surface area (TPSA) is 63.4 Å². The molecule has 0 bridgehead atoms. The van der Waals surface area contributed by atoms with Gasteiger partial charge in [-0.15, -0.1) is 0 Å². The van der Waals surface area contributed by atoms with Crippen LogP contribution < -0.4 is 5.73 Å². The van der Waals surface area contributed by atoms with Crippen LogP contribution in [0.15, 0.2) is 17.0 Å². The first-order valence-corrected chi connectivity index (χ1v) is 8.78. The van der Waals surface area contributed by atoms with E-state index in [-0.39, 0.29) is 21.6 Å². The predicted molar refractivity (Wildman–Crippen MR) is 82.2 cm³/mol. The second kappa shape index (κ2) is 6.10. The molecular formula is C14H20ClFN2O2S. The Hall–Kier alpha value is -0.850. The van der Waals surface area contributed by atoms with Gasteiger partial charge in [-0.05, 0) is 43.7 Å². The molecule has 118 valence electrons. The van der Waals surface area contributed by atoms with Crippen LogP contribution in [-0.2, 0) is 10.0 Å². The molecule has 1 aliphatic carbocycles. The summed E-state index contributed by atoms with van der Waals surface area (Å²) in [4.78, 5) is -0.135. The fourth-order valence-electron chi connectivity index (χ4n) is 2.70. The summed E-state index contributed by atoms with van der Waals surface area (Å²) in [5.41, 5.74) is 5.25. The highest BCUT2D eigenvalue weighted by molar-refractivity contribution is 7.89. The van der Waals surface area contributed by atoms with Crippen LogP contribution in [0.3, 0.4) is 0 Å². The summed E-state index contributed by atoms with van der Waals surface area (Å²) < 4.78 is 40.0. The van der Waals surface area contributed by atoms with Crippen LogP contribution >= 0.6 is 11.6 Å². The van der Waals surface area contributed by atoms with Gasteiger partial charge in [0.2, 0.25) is 10.0 Å². The molecule has 0 aromatic heterocycles. The van der Waals surface area contributed by atoms with Crippen molar-refractivity contribution in [3.05, 3.63) is 23.0 Å². The van der Waals surface area contributed by atoms with Crippen molar-refractivity contribution in [2.75, 3.05) is 12.8 Å². The summed E-state index contributed by atoms with van der Waals surface area (Å²) >= 11 is 5.89. The highest BCUT2D eigenvalue weighted by atomic mass is 35.5. The molecule has 1 aromatic rings. The average molecular weight is 335 g/mol. The Morgan fingerprint density at radius 1 is 1.29 bits per heavy atom. The third-order valence-electron chi connectivity index (χ3n) is 4.21. The van der Waals surface area contributed by atoms with Crippen LogP contribution in [0.25, 0.3) is 0 Å². The van der Waals surface area contributed by atoms with Crippen molar-refractivity contribution in [2.45, 2.75) is 43.5 Å². The minimum Gasteiger partial charge on any atom is -0.396 e. The molecule has 0 saturated heterocycles. The van der Waals surface area contributed by atoms with E-state index in [0.717, 1.165) is 37.8 Å². The van der Waals surface area contributed by atoms with Gasteiger partial charge in [0.1, 0.15) is 10.7 Å². The Morgan fingerprint density at radius 3 is 2.43 bits per heavy atom. The molecule has 1 aliphatic rings. The van der Waals surface area contributed by atoms with Gasteiger partial charge in [0, 0.05) is 13.1 Å². The number of benzene rings is 1. The lowest BCUT2D eigenvalue weighted by molar-refractivity contribution is 0.246. The maximum absolute atomic E-state index is 13.3. The number of halogens is 2. The third-order valence-corrected chi connectivity index (χ3v) is 6.58. The van der Waals surface area contributed by atoms with Crippen LogP contribution in [-0.4, -0.2) is 25.8 Å². The van der Waals surface area contributed by atoms with Crippen LogP contribution in [0.1, 0.15) is 32.6 Å². The monoisotopic (exact) mass is 334 g/mol. The number of anilines is 1. The largest absolute Gasteiger partial charge is 0.396 e. The molecule has 21 heavy (non-hydrogen) atoms. The van der Waals surface area contributed by atoms with Crippen molar-refractivity contribution in [3.63, 3.8) is 0 Å². The average Bonchev–Trinajstić information content (AvgIpc) is 2.42. The first-order valence-electron chi connectivity index (χ1n) is 6.96. The molecule has 2 rings (SSSR count). The number of hydrogen-bond donors (Lipinski definition) is 1. The number of nitrogens with two attached hydrogens (primary N) is 1. The molecular weight excluding hydrogens is 315 g/mol.